The second-order valence-electron chi connectivity index (χ2n) is 5.89. The number of rotatable bonds is 5. The van der Waals surface area contributed by atoms with Gasteiger partial charge in [0.05, 0.1) is 0 Å². The van der Waals surface area contributed by atoms with Crippen LogP contribution in [0, 0.1) is 6.92 Å². The molecule has 0 aliphatic rings. The van der Waals surface area contributed by atoms with Gasteiger partial charge in [-0.25, -0.2) is 9.97 Å². The van der Waals surface area contributed by atoms with Crippen molar-refractivity contribution in [2.45, 2.75) is 13.5 Å². The maximum absolute atomic E-state index is 6.31. The minimum atomic E-state index is 0.500. The molecule has 25 heavy (non-hydrogen) atoms. The maximum atomic E-state index is 6.31. The van der Waals surface area contributed by atoms with Crippen LogP contribution < -0.4 is 16.0 Å². The number of nitrogens with two attached hydrogens (primary N) is 1. The van der Waals surface area contributed by atoms with Crippen molar-refractivity contribution in [3.63, 3.8) is 0 Å². The average molecular weight is 354 g/mol. The van der Waals surface area contributed by atoms with Gasteiger partial charge in [0.1, 0.15) is 12.0 Å². The van der Waals surface area contributed by atoms with Gasteiger partial charge in [-0.1, -0.05) is 48.0 Å². The predicted octanol–water partition coefficient (Wildman–Crippen LogP) is 4.40. The van der Waals surface area contributed by atoms with Gasteiger partial charge in [-0.05, 0) is 30.2 Å². The van der Waals surface area contributed by atoms with E-state index in [4.69, 9.17) is 17.3 Å². The van der Waals surface area contributed by atoms with Gasteiger partial charge in [-0.2, -0.15) is 0 Å². The summed E-state index contributed by atoms with van der Waals surface area (Å²) < 4.78 is 0. The summed E-state index contributed by atoms with van der Waals surface area (Å²) in [5.41, 5.74) is 9.92. The number of halogens is 1. The largest absolute Gasteiger partial charge is 0.393 e. The van der Waals surface area contributed by atoms with E-state index >= 15 is 0 Å². The fourth-order valence-electron chi connectivity index (χ4n) is 2.58. The zero-order valence-electron chi connectivity index (χ0n) is 14.2. The van der Waals surface area contributed by atoms with Crippen molar-refractivity contribution in [1.82, 2.24) is 9.97 Å². The third-order valence-corrected chi connectivity index (χ3v) is 4.17. The molecule has 0 spiro atoms. The van der Waals surface area contributed by atoms with Gasteiger partial charge in [0.25, 0.3) is 0 Å². The topological polar surface area (TPSA) is 67.1 Å². The first-order chi connectivity index (χ1) is 12.0. The van der Waals surface area contributed by atoms with E-state index in [-0.39, 0.29) is 0 Å². The highest BCUT2D eigenvalue weighted by Crippen LogP contribution is 2.30. The Labute approximate surface area is 152 Å². The molecule has 2 aromatic carbocycles. The average Bonchev–Trinajstić information content (AvgIpc) is 2.60. The van der Waals surface area contributed by atoms with Crippen LogP contribution in [0.25, 0.3) is 0 Å². The van der Waals surface area contributed by atoms with Crippen molar-refractivity contribution in [3.8, 4) is 0 Å². The van der Waals surface area contributed by atoms with Crippen LogP contribution in [0.5, 0.6) is 0 Å². The Morgan fingerprint density at radius 1 is 1.12 bits per heavy atom. The Morgan fingerprint density at radius 2 is 1.88 bits per heavy atom. The maximum Gasteiger partial charge on any atom is 0.159 e. The molecule has 1 heterocycles. The van der Waals surface area contributed by atoms with Crippen LogP contribution in [0.2, 0.25) is 5.02 Å². The molecule has 1 aromatic heterocycles. The van der Waals surface area contributed by atoms with Crippen LogP contribution in [0.3, 0.4) is 0 Å². The minimum Gasteiger partial charge on any atom is -0.393 e. The molecule has 0 unspecified atom stereocenters. The Morgan fingerprint density at radius 3 is 2.64 bits per heavy atom. The molecule has 0 saturated heterocycles. The third-order valence-electron chi connectivity index (χ3n) is 3.94. The van der Waals surface area contributed by atoms with E-state index in [0.717, 1.165) is 11.3 Å². The minimum absolute atomic E-state index is 0.500. The highest BCUT2D eigenvalue weighted by atomic mass is 35.5. The Kier molecular flexibility index (Phi) is 5.05. The van der Waals surface area contributed by atoms with Crippen molar-refractivity contribution in [2.24, 2.45) is 0 Å². The van der Waals surface area contributed by atoms with Crippen LogP contribution in [-0.2, 0) is 6.54 Å². The summed E-state index contributed by atoms with van der Waals surface area (Å²) in [6.45, 7) is 2.70. The number of nitrogen functional groups attached to an aromatic ring is 1. The Hall–Kier alpha value is -2.79. The third kappa shape index (κ3) is 4.00. The van der Waals surface area contributed by atoms with Crippen molar-refractivity contribution in [2.75, 3.05) is 23.0 Å². The number of anilines is 4. The van der Waals surface area contributed by atoms with Crippen LogP contribution in [-0.4, -0.2) is 17.0 Å². The van der Waals surface area contributed by atoms with Gasteiger partial charge >= 0.3 is 0 Å². The molecule has 128 valence electrons. The molecule has 5 nitrogen and oxygen atoms in total. The first kappa shape index (κ1) is 17.0. The van der Waals surface area contributed by atoms with Crippen molar-refractivity contribution < 1.29 is 0 Å². The number of nitrogens with zero attached hydrogens (tertiary/aromatic N) is 3. The molecular weight excluding hydrogens is 334 g/mol. The normalized spacial score (nSPS) is 10.5. The van der Waals surface area contributed by atoms with E-state index < -0.39 is 0 Å². The molecule has 0 bridgehead atoms. The van der Waals surface area contributed by atoms with E-state index in [1.165, 1.54) is 11.9 Å². The molecule has 0 amide bonds. The standard InChI is InChI=1S/C19H20ClN5/c1-13-8-9-15(20)10-16(13)24-18-17(21)19(23-12-22-18)25(2)11-14-6-4-3-5-7-14/h3-10,12H,11,21H2,1-2H3,(H,22,23,24). The molecule has 6 heteroatoms. The van der Waals surface area contributed by atoms with E-state index in [2.05, 4.69) is 27.4 Å². The summed E-state index contributed by atoms with van der Waals surface area (Å²) in [7, 11) is 1.96. The molecular formula is C19H20ClN5. The van der Waals surface area contributed by atoms with Gasteiger partial charge in [0.15, 0.2) is 11.6 Å². The summed E-state index contributed by atoms with van der Waals surface area (Å²) in [4.78, 5) is 10.6. The van der Waals surface area contributed by atoms with Crippen molar-refractivity contribution in [1.29, 1.82) is 0 Å². The van der Waals surface area contributed by atoms with Crippen LogP contribution >= 0.6 is 11.6 Å². The summed E-state index contributed by atoms with van der Waals surface area (Å²) in [5.74, 6) is 1.25. The molecule has 0 fully saturated rings. The van der Waals surface area contributed by atoms with E-state index in [1.54, 1.807) is 0 Å². The van der Waals surface area contributed by atoms with Crippen LogP contribution in [0.4, 0.5) is 23.0 Å². The number of nitrogens with one attached hydrogen (secondary N) is 1. The fraction of sp³-hybridized carbons (Fsp3) is 0.158. The van der Waals surface area contributed by atoms with Crippen molar-refractivity contribution >= 4 is 34.6 Å². The number of aryl methyl sites for hydroxylation is 1. The number of hydrogen-bond acceptors (Lipinski definition) is 5. The molecule has 3 rings (SSSR count). The number of benzene rings is 2. The number of aromatic nitrogens is 2. The van der Waals surface area contributed by atoms with Gasteiger partial charge in [0.2, 0.25) is 0 Å². The van der Waals surface area contributed by atoms with Crippen LogP contribution in [0.15, 0.2) is 54.9 Å². The molecule has 0 radical (unpaired) electrons. The lowest BCUT2D eigenvalue weighted by atomic mass is 10.2. The second kappa shape index (κ2) is 7.40. The van der Waals surface area contributed by atoms with Gasteiger partial charge in [-0.15, -0.1) is 0 Å². The number of hydrogen-bond donors (Lipinski definition) is 2. The highest BCUT2D eigenvalue weighted by Gasteiger charge is 2.13. The van der Waals surface area contributed by atoms with Crippen molar-refractivity contribution in [3.05, 3.63) is 71.0 Å². The van der Waals surface area contributed by atoms with Gasteiger partial charge < -0.3 is 16.0 Å². The zero-order valence-corrected chi connectivity index (χ0v) is 15.0. The highest BCUT2D eigenvalue weighted by molar-refractivity contribution is 6.30. The van der Waals surface area contributed by atoms with Crippen LogP contribution in [0.1, 0.15) is 11.1 Å². The SMILES string of the molecule is Cc1ccc(Cl)cc1Nc1ncnc(N(C)Cc2ccccc2)c1N. The van der Waals surface area contributed by atoms with Gasteiger partial charge in [0, 0.05) is 24.3 Å². The van der Waals surface area contributed by atoms with E-state index in [9.17, 15) is 0 Å². The fourth-order valence-corrected chi connectivity index (χ4v) is 2.75. The van der Waals surface area contributed by atoms with E-state index in [0.29, 0.717) is 28.9 Å². The lowest BCUT2D eigenvalue weighted by molar-refractivity contribution is 0.894. The molecule has 0 saturated carbocycles. The molecule has 0 atom stereocenters. The van der Waals surface area contributed by atoms with E-state index in [1.807, 2.05) is 55.3 Å². The first-order valence-corrected chi connectivity index (χ1v) is 8.31. The first-order valence-electron chi connectivity index (χ1n) is 7.93. The second-order valence-corrected chi connectivity index (χ2v) is 6.32. The molecule has 0 aliphatic heterocycles. The molecule has 0 aliphatic carbocycles. The summed E-state index contributed by atoms with van der Waals surface area (Å²) in [6, 6.07) is 15.8. The lowest BCUT2D eigenvalue weighted by Crippen LogP contribution is -2.20. The van der Waals surface area contributed by atoms with Gasteiger partial charge in [-0.3, -0.25) is 0 Å². The molecule has 3 N–H and O–H groups in total. The quantitative estimate of drug-likeness (QED) is 0.711. The Balaban J connectivity index is 1.85. The Bertz CT molecular complexity index is 867. The smallest absolute Gasteiger partial charge is 0.159 e. The lowest BCUT2D eigenvalue weighted by Gasteiger charge is -2.21. The summed E-state index contributed by atoms with van der Waals surface area (Å²) in [5, 5.41) is 3.91. The molecule has 3 aromatic rings. The zero-order chi connectivity index (χ0) is 17.8. The summed E-state index contributed by atoms with van der Waals surface area (Å²) in [6.07, 6.45) is 1.51. The summed E-state index contributed by atoms with van der Waals surface area (Å²) >= 11 is 6.08. The predicted molar refractivity (Wildman–Crippen MR) is 104 cm³/mol. The monoisotopic (exact) mass is 353 g/mol.